The molecule has 1 unspecified atom stereocenters. The fraction of sp³-hybridized carbons (Fsp3) is 0.750. The Labute approximate surface area is 103 Å². The van der Waals surface area contributed by atoms with E-state index in [2.05, 4.69) is 37.7 Å². The van der Waals surface area contributed by atoms with Crippen LogP contribution in [0, 0.1) is 6.92 Å². The molecule has 1 aromatic rings. The van der Waals surface area contributed by atoms with Crippen molar-refractivity contribution in [1.82, 2.24) is 4.98 Å². The molecule has 1 rings (SSSR count). The molecule has 0 spiro atoms. The monoisotopic (exact) mass is 241 g/mol. The predicted octanol–water partition coefficient (Wildman–Crippen LogP) is 3.10. The largest absolute Gasteiger partial charge is 0.346 e. The van der Waals surface area contributed by atoms with Crippen LogP contribution >= 0.6 is 11.3 Å². The first kappa shape index (κ1) is 13.5. The van der Waals surface area contributed by atoms with E-state index in [9.17, 15) is 0 Å². The number of thiazole rings is 1. The topological polar surface area (TPSA) is 42.2 Å². The Morgan fingerprint density at radius 1 is 1.50 bits per heavy atom. The van der Waals surface area contributed by atoms with Gasteiger partial charge in [-0.2, -0.15) is 0 Å². The lowest BCUT2D eigenvalue weighted by Crippen LogP contribution is -2.40. The molecule has 2 N–H and O–H groups in total. The maximum absolute atomic E-state index is 5.92. The molecule has 0 aliphatic rings. The van der Waals surface area contributed by atoms with Gasteiger partial charge in [-0.05, 0) is 34.1 Å². The average Bonchev–Trinajstić information content (AvgIpc) is 2.59. The highest BCUT2D eigenvalue weighted by Crippen LogP contribution is 2.33. The van der Waals surface area contributed by atoms with Crippen LogP contribution in [0.4, 0.5) is 5.13 Å². The van der Waals surface area contributed by atoms with E-state index in [-0.39, 0.29) is 11.6 Å². The predicted molar refractivity (Wildman–Crippen MR) is 72.2 cm³/mol. The number of hydrogen-bond acceptors (Lipinski definition) is 4. The molecule has 0 amide bonds. The quantitative estimate of drug-likeness (QED) is 0.880. The van der Waals surface area contributed by atoms with Crippen LogP contribution in [0.15, 0.2) is 0 Å². The molecule has 4 heteroatoms. The summed E-state index contributed by atoms with van der Waals surface area (Å²) in [5.41, 5.74) is 7.12. The smallest absolute Gasteiger partial charge is 0.186 e. The van der Waals surface area contributed by atoms with Crippen LogP contribution < -0.4 is 10.6 Å². The van der Waals surface area contributed by atoms with Gasteiger partial charge in [0.2, 0.25) is 0 Å². The molecule has 3 nitrogen and oxygen atoms in total. The van der Waals surface area contributed by atoms with Gasteiger partial charge >= 0.3 is 0 Å². The second-order valence-corrected chi connectivity index (χ2v) is 5.97. The lowest BCUT2D eigenvalue weighted by Gasteiger charge is -2.34. The van der Waals surface area contributed by atoms with E-state index in [1.807, 2.05) is 13.8 Å². The van der Waals surface area contributed by atoms with Gasteiger partial charge in [0, 0.05) is 23.5 Å². The Bertz CT molecular complexity index is 355. The standard InChI is InChI=1S/C12H23N3S/c1-7-12(4,5)15(6)11-14-9(3)10(16-11)8(2)13/h8H,7,13H2,1-6H3. The zero-order chi connectivity index (χ0) is 12.5. The van der Waals surface area contributed by atoms with E-state index in [4.69, 9.17) is 5.73 Å². The fourth-order valence-corrected chi connectivity index (χ4v) is 2.60. The summed E-state index contributed by atoms with van der Waals surface area (Å²) < 4.78 is 0. The maximum atomic E-state index is 5.92. The number of aromatic nitrogens is 1. The van der Waals surface area contributed by atoms with Gasteiger partial charge in [0.25, 0.3) is 0 Å². The van der Waals surface area contributed by atoms with Crippen LogP contribution in [0.1, 0.15) is 50.7 Å². The summed E-state index contributed by atoms with van der Waals surface area (Å²) in [6.45, 7) is 10.7. The van der Waals surface area contributed by atoms with E-state index in [1.54, 1.807) is 11.3 Å². The molecule has 16 heavy (non-hydrogen) atoms. The molecule has 0 aromatic carbocycles. The summed E-state index contributed by atoms with van der Waals surface area (Å²) in [5.74, 6) is 0. The van der Waals surface area contributed by atoms with Crippen molar-refractivity contribution in [2.75, 3.05) is 11.9 Å². The van der Waals surface area contributed by atoms with Crippen molar-refractivity contribution in [3.8, 4) is 0 Å². The highest BCUT2D eigenvalue weighted by atomic mass is 32.1. The van der Waals surface area contributed by atoms with Gasteiger partial charge < -0.3 is 10.6 Å². The first-order chi connectivity index (χ1) is 7.29. The Kier molecular flexibility index (Phi) is 3.97. The second kappa shape index (κ2) is 4.72. The fourth-order valence-electron chi connectivity index (χ4n) is 1.46. The Morgan fingerprint density at radius 2 is 2.06 bits per heavy atom. The minimum atomic E-state index is 0.0735. The zero-order valence-corrected chi connectivity index (χ0v) is 12.0. The van der Waals surface area contributed by atoms with Crippen molar-refractivity contribution in [1.29, 1.82) is 0 Å². The lowest BCUT2D eigenvalue weighted by molar-refractivity contribution is 0.470. The molecular formula is C12H23N3S. The number of aryl methyl sites for hydroxylation is 1. The van der Waals surface area contributed by atoms with Gasteiger partial charge in [-0.25, -0.2) is 4.98 Å². The van der Waals surface area contributed by atoms with Crippen LogP contribution in [0.25, 0.3) is 0 Å². The van der Waals surface area contributed by atoms with Gasteiger partial charge in [-0.15, -0.1) is 11.3 Å². The van der Waals surface area contributed by atoms with Gasteiger partial charge in [-0.3, -0.25) is 0 Å². The SMILES string of the molecule is CCC(C)(C)N(C)c1nc(C)c(C(C)N)s1. The molecule has 92 valence electrons. The maximum Gasteiger partial charge on any atom is 0.186 e. The van der Waals surface area contributed by atoms with Crippen molar-refractivity contribution < 1.29 is 0 Å². The van der Waals surface area contributed by atoms with Crippen LogP contribution in [-0.4, -0.2) is 17.6 Å². The van der Waals surface area contributed by atoms with Crippen LogP contribution in [0.2, 0.25) is 0 Å². The third-order valence-electron chi connectivity index (χ3n) is 3.29. The molecule has 0 radical (unpaired) electrons. The highest BCUT2D eigenvalue weighted by Gasteiger charge is 2.25. The number of nitrogens with two attached hydrogens (primary N) is 1. The summed E-state index contributed by atoms with van der Waals surface area (Å²) in [5, 5.41) is 1.07. The van der Waals surface area contributed by atoms with E-state index < -0.39 is 0 Å². The highest BCUT2D eigenvalue weighted by molar-refractivity contribution is 7.15. The molecule has 1 aromatic heterocycles. The Balaban J connectivity index is 3.02. The summed E-state index contributed by atoms with van der Waals surface area (Å²) >= 11 is 1.71. The van der Waals surface area contributed by atoms with E-state index in [0.717, 1.165) is 17.2 Å². The third-order valence-corrected chi connectivity index (χ3v) is 4.73. The normalized spacial score (nSPS) is 13.9. The molecule has 0 saturated heterocycles. The average molecular weight is 241 g/mol. The van der Waals surface area contributed by atoms with Gasteiger partial charge in [-0.1, -0.05) is 6.92 Å². The summed E-state index contributed by atoms with van der Waals surface area (Å²) in [6.07, 6.45) is 1.09. The molecule has 1 heterocycles. The van der Waals surface area contributed by atoms with Gasteiger partial charge in [0.1, 0.15) is 0 Å². The molecule has 0 fully saturated rings. The first-order valence-corrected chi connectivity index (χ1v) is 6.58. The van der Waals surface area contributed by atoms with Crippen molar-refractivity contribution >= 4 is 16.5 Å². The number of rotatable bonds is 4. The number of nitrogens with zero attached hydrogens (tertiary/aromatic N) is 2. The van der Waals surface area contributed by atoms with Crippen molar-refractivity contribution in [3.05, 3.63) is 10.6 Å². The Morgan fingerprint density at radius 3 is 2.44 bits per heavy atom. The van der Waals surface area contributed by atoms with Crippen LogP contribution in [0.3, 0.4) is 0 Å². The molecule has 0 aliphatic heterocycles. The minimum Gasteiger partial charge on any atom is -0.346 e. The van der Waals surface area contributed by atoms with E-state index in [1.165, 1.54) is 4.88 Å². The third kappa shape index (κ3) is 2.55. The molecule has 0 aliphatic carbocycles. The summed E-state index contributed by atoms with van der Waals surface area (Å²) in [4.78, 5) is 8.05. The molecular weight excluding hydrogens is 218 g/mol. The van der Waals surface area contributed by atoms with Gasteiger partial charge in [0.15, 0.2) is 5.13 Å². The first-order valence-electron chi connectivity index (χ1n) is 5.76. The number of anilines is 1. The molecule has 0 saturated carbocycles. The Hall–Kier alpha value is -0.610. The summed E-state index contributed by atoms with van der Waals surface area (Å²) in [6, 6.07) is 0.0735. The minimum absolute atomic E-state index is 0.0735. The molecule has 1 atom stereocenters. The van der Waals surface area contributed by atoms with Crippen molar-refractivity contribution in [3.63, 3.8) is 0 Å². The number of hydrogen-bond donors (Lipinski definition) is 1. The molecule has 0 bridgehead atoms. The van der Waals surface area contributed by atoms with Gasteiger partial charge in [0.05, 0.1) is 5.69 Å². The lowest BCUT2D eigenvalue weighted by atomic mass is 10.0. The van der Waals surface area contributed by atoms with Crippen molar-refractivity contribution in [2.45, 2.75) is 52.6 Å². The van der Waals surface area contributed by atoms with E-state index >= 15 is 0 Å². The van der Waals surface area contributed by atoms with Crippen LogP contribution in [-0.2, 0) is 0 Å². The zero-order valence-electron chi connectivity index (χ0n) is 11.2. The second-order valence-electron chi connectivity index (χ2n) is 4.96. The van der Waals surface area contributed by atoms with Crippen LogP contribution in [0.5, 0.6) is 0 Å². The van der Waals surface area contributed by atoms with E-state index in [0.29, 0.717) is 0 Å². The summed E-state index contributed by atoms with van der Waals surface area (Å²) in [7, 11) is 2.10. The van der Waals surface area contributed by atoms with Crippen molar-refractivity contribution in [2.24, 2.45) is 5.73 Å².